The number of carbonyl (C=O) groups excluding carboxylic acids is 5. The molecule has 0 aromatic heterocycles. The van der Waals surface area contributed by atoms with E-state index in [-0.39, 0.29) is 43.7 Å². The number of likely N-dealkylation sites (N-methyl/N-ethyl adjacent to an activating group) is 1. The summed E-state index contributed by atoms with van der Waals surface area (Å²) >= 11 is 0. The van der Waals surface area contributed by atoms with Gasteiger partial charge in [-0.3, -0.25) is 39.2 Å². The molecule has 1 aliphatic rings. The molecule has 3 atom stereocenters. The van der Waals surface area contributed by atoms with E-state index in [0.717, 1.165) is 15.7 Å². The third-order valence-electron chi connectivity index (χ3n) is 7.42. The number of nitrogens with zero attached hydrogens (tertiary/aromatic N) is 2. The Bertz CT molecular complexity index is 1420. The Morgan fingerprint density at radius 3 is 2.00 bits per heavy atom. The predicted octanol–water partition coefficient (Wildman–Crippen LogP) is 1.82. The molecule has 13 nitrogen and oxygen atoms in total. The minimum Gasteiger partial charge on any atom is -0.459 e. The van der Waals surface area contributed by atoms with E-state index in [2.05, 4.69) is 20.9 Å². The Kier molecular flexibility index (Phi) is 12.2. The fourth-order valence-electron chi connectivity index (χ4n) is 5.26. The van der Waals surface area contributed by atoms with Crippen molar-refractivity contribution in [3.05, 3.63) is 47.5 Å². The summed E-state index contributed by atoms with van der Waals surface area (Å²) in [7, 11) is 1.47. The van der Waals surface area contributed by atoms with Crippen LogP contribution in [0.3, 0.4) is 0 Å². The first-order chi connectivity index (χ1) is 21.6. The van der Waals surface area contributed by atoms with Gasteiger partial charge in [-0.25, -0.2) is 0 Å². The quantitative estimate of drug-likeness (QED) is 0.0636. The number of nitrogens with two attached hydrogens (primary N) is 2. The first kappa shape index (κ1) is 36.0. The summed E-state index contributed by atoms with van der Waals surface area (Å²) < 4.78 is 5.67. The van der Waals surface area contributed by atoms with Crippen molar-refractivity contribution in [2.45, 2.75) is 84.0 Å². The van der Waals surface area contributed by atoms with Gasteiger partial charge in [-0.15, -0.1) is 0 Å². The SMILES string of the molecule is CNC(=O)[C@H](CCCN=C(N)N)NC(=O)[C@H](CC(C)C)NC(CCN1C(=O)c2cc3ccccc3cc2C1=O)C(=O)OC(C)(C)C. The van der Waals surface area contributed by atoms with Crippen LogP contribution in [0.15, 0.2) is 41.4 Å². The first-order valence-electron chi connectivity index (χ1n) is 15.6. The molecule has 1 heterocycles. The Balaban J connectivity index is 1.81. The number of hydrogen-bond acceptors (Lipinski definition) is 8. The number of nitrogens with one attached hydrogen (secondary N) is 3. The molecule has 0 saturated heterocycles. The van der Waals surface area contributed by atoms with E-state index in [1.54, 1.807) is 32.9 Å². The van der Waals surface area contributed by atoms with Crippen molar-refractivity contribution in [2.24, 2.45) is 22.4 Å². The molecule has 0 aliphatic carbocycles. The van der Waals surface area contributed by atoms with Crippen LogP contribution in [0.5, 0.6) is 0 Å². The molecule has 0 spiro atoms. The summed E-state index contributed by atoms with van der Waals surface area (Å²) in [5.74, 6) is -2.42. The van der Waals surface area contributed by atoms with Crippen LogP contribution >= 0.6 is 0 Å². The van der Waals surface area contributed by atoms with Crippen molar-refractivity contribution in [1.29, 1.82) is 0 Å². The first-order valence-corrected chi connectivity index (χ1v) is 15.6. The monoisotopic (exact) mass is 637 g/mol. The van der Waals surface area contributed by atoms with Crippen LogP contribution in [-0.2, 0) is 19.1 Å². The van der Waals surface area contributed by atoms with Gasteiger partial charge in [0.15, 0.2) is 5.96 Å². The number of aliphatic imine (C=N–C) groups is 1. The van der Waals surface area contributed by atoms with Crippen LogP contribution in [0.2, 0.25) is 0 Å². The molecule has 1 unspecified atom stereocenters. The van der Waals surface area contributed by atoms with Crippen LogP contribution in [0.1, 0.15) is 81.0 Å². The summed E-state index contributed by atoms with van der Waals surface area (Å²) in [5.41, 5.74) is 10.6. The van der Waals surface area contributed by atoms with Gasteiger partial charge >= 0.3 is 5.97 Å². The Morgan fingerprint density at radius 1 is 0.913 bits per heavy atom. The molecule has 3 rings (SSSR count). The number of benzene rings is 2. The number of amides is 4. The van der Waals surface area contributed by atoms with E-state index < -0.39 is 47.4 Å². The zero-order chi connectivity index (χ0) is 34.2. The van der Waals surface area contributed by atoms with E-state index >= 15 is 0 Å². The highest BCUT2D eigenvalue weighted by Gasteiger charge is 2.38. The third-order valence-corrected chi connectivity index (χ3v) is 7.42. The van der Waals surface area contributed by atoms with E-state index in [9.17, 15) is 24.0 Å². The zero-order valence-electron chi connectivity index (χ0n) is 27.5. The molecule has 1 aliphatic heterocycles. The van der Waals surface area contributed by atoms with E-state index in [1.807, 2.05) is 38.1 Å². The highest BCUT2D eigenvalue weighted by Crippen LogP contribution is 2.28. The average molecular weight is 638 g/mol. The van der Waals surface area contributed by atoms with Gasteiger partial charge in [-0.2, -0.15) is 0 Å². The van der Waals surface area contributed by atoms with Gasteiger partial charge in [0.25, 0.3) is 11.8 Å². The minimum absolute atomic E-state index is 0.000827. The number of guanidine groups is 1. The van der Waals surface area contributed by atoms with Gasteiger partial charge in [0.05, 0.1) is 17.2 Å². The maximum Gasteiger partial charge on any atom is 0.323 e. The smallest absolute Gasteiger partial charge is 0.323 e. The number of carbonyl (C=O) groups is 5. The van der Waals surface area contributed by atoms with Crippen molar-refractivity contribution >= 4 is 46.3 Å². The largest absolute Gasteiger partial charge is 0.459 e. The van der Waals surface area contributed by atoms with E-state index in [1.165, 1.54) is 7.05 Å². The molecular weight excluding hydrogens is 590 g/mol. The van der Waals surface area contributed by atoms with Crippen molar-refractivity contribution in [1.82, 2.24) is 20.9 Å². The summed E-state index contributed by atoms with van der Waals surface area (Å²) in [5, 5.41) is 10.2. The topological polar surface area (TPSA) is 198 Å². The zero-order valence-corrected chi connectivity index (χ0v) is 27.5. The average Bonchev–Trinajstić information content (AvgIpc) is 3.20. The second-order valence-electron chi connectivity index (χ2n) is 12.9. The molecule has 0 saturated carbocycles. The van der Waals surface area contributed by atoms with Crippen LogP contribution in [-0.4, -0.2) is 84.3 Å². The maximum atomic E-state index is 13.6. The van der Waals surface area contributed by atoms with E-state index in [4.69, 9.17) is 16.2 Å². The second kappa shape index (κ2) is 15.7. The Morgan fingerprint density at radius 2 is 1.50 bits per heavy atom. The number of rotatable bonds is 15. The van der Waals surface area contributed by atoms with Crippen LogP contribution in [0.4, 0.5) is 0 Å². The standard InChI is InChI=1S/C33H47N7O6/c1-19(2)16-26(28(42)39-24(27(41)36-6)12-9-14-37-32(34)35)38-25(31(45)46-33(3,4)5)13-15-40-29(43)22-17-20-10-7-8-11-21(20)18-23(22)30(40)44/h7-8,10-11,17-19,24-26,38H,9,12-16H2,1-6H3,(H,36,41)(H,39,42)(H4,34,35,37)/t24-,25?,26-/m0/s1. The van der Waals surface area contributed by atoms with E-state index in [0.29, 0.717) is 24.0 Å². The summed E-state index contributed by atoms with van der Waals surface area (Å²) in [6, 6.07) is 8.07. The maximum absolute atomic E-state index is 13.6. The molecule has 7 N–H and O–H groups in total. The van der Waals surface area contributed by atoms with Gasteiger partial charge in [0.2, 0.25) is 11.8 Å². The lowest BCUT2D eigenvalue weighted by Crippen LogP contribution is -2.56. The molecule has 2 aromatic rings. The summed E-state index contributed by atoms with van der Waals surface area (Å²) in [4.78, 5) is 71.4. The van der Waals surface area contributed by atoms with Crippen molar-refractivity contribution < 1.29 is 28.7 Å². The number of esters is 1. The second-order valence-corrected chi connectivity index (χ2v) is 12.9. The van der Waals surface area contributed by atoms with Crippen molar-refractivity contribution in [2.75, 3.05) is 20.1 Å². The molecular formula is C33H47N7O6. The lowest BCUT2D eigenvalue weighted by molar-refractivity contribution is -0.158. The fraction of sp³-hybridized carbons (Fsp3) is 0.515. The molecule has 46 heavy (non-hydrogen) atoms. The summed E-state index contributed by atoms with van der Waals surface area (Å²) in [6.07, 6.45) is 1.05. The lowest BCUT2D eigenvalue weighted by atomic mass is 10.00. The molecule has 0 fully saturated rings. The predicted molar refractivity (Wildman–Crippen MR) is 176 cm³/mol. The van der Waals surface area contributed by atoms with Crippen molar-refractivity contribution in [3.8, 4) is 0 Å². The van der Waals surface area contributed by atoms with Gasteiger partial charge in [-0.05, 0) is 75.3 Å². The number of ether oxygens (including phenoxy) is 1. The van der Waals surface area contributed by atoms with Gasteiger partial charge in [0, 0.05) is 20.1 Å². The number of hydrogen-bond donors (Lipinski definition) is 5. The fourth-order valence-corrected chi connectivity index (χ4v) is 5.26. The highest BCUT2D eigenvalue weighted by molar-refractivity contribution is 6.23. The molecule has 0 bridgehead atoms. The third kappa shape index (κ3) is 9.74. The molecule has 4 amide bonds. The number of fused-ring (bicyclic) bond motifs is 2. The number of imide groups is 1. The molecule has 0 radical (unpaired) electrons. The van der Waals surface area contributed by atoms with Crippen LogP contribution < -0.4 is 27.4 Å². The Hall–Kier alpha value is -4.52. The van der Waals surface area contributed by atoms with Gasteiger partial charge in [0.1, 0.15) is 17.7 Å². The summed E-state index contributed by atoms with van der Waals surface area (Å²) in [6.45, 7) is 9.24. The van der Waals surface area contributed by atoms with Crippen molar-refractivity contribution in [3.63, 3.8) is 0 Å². The highest BCUT2D eigenvalue weighted by atomic mass is 16.6. The lowest BCUT2D eigenvalue weighted by Gasteiger charge is -2.30. The van der Waals surface area contributed by atoms with Gasteiger partial charge in [-0.1, -0.05) is 38.1 Å². The van der Waals surface area contributed by atoms with Crippen LogP contribution in [0, 0.1) is 5.92 Å². The normalized spacial score (nSPS) is 14.9. The molecule has 2 aromatic carbocycles. The minimum atomic E-state index is -1.04. The van der Waals surface area contributed by atoms with Gasteiger partial charge < -0.3 is 26.8 Å². The van der Waals surface area contributed by atoms with Crippen LogP contribution in [0.25, 0.3) is 10.8 Å². The Labute approximate surface area is 269 Å². The molecule has 13 heteroatoms. The molecule has 250 valence electrons.